The van der Waals surface area contributed by atoms with Crippen molar-refractivity contribution in [3.8, 4) is 0 Å². The highest BCUT2D eigenvalue weighted by Gasteiger charge is 2.49. The number of carbonyl (C=O) groups is 1. The van der Waals surface area contributed by atoms with Crippen LogP contribution in [0.25, 0.3) is 0 Å². The predicted octanol–water partition coefficient (Wildman–Crippen LogP) is 1.29. The van der Waals surface area contributed by atoms with E-state index in [4.69, 9.17) is 10.5 Å². The van der Waals surface area contributed by atoms with Gasteiger partial charge in [0.05, 0.1) is 18.1 Å². The van der Waals surface area contributed by atoms with Gasteiger partial charge in [-0.3, -0.25) is 4.79 Å². The molecule has 18 heavy (non-hydrogen) atoms. The largest absolute Gasteiger partial charge is 0.369 e. The quantitative estimate of drug-likeness (QED) is 0.855. The minimum atomic E-state index is -0.688. The van der Waals surface area contributed by atoms with Crippen LogP contribution in [0.2, 0.25) is 0 Å². The monoisotopic (exact) mass is 246 g/mol. The van der Waals surface area contributed by atoms with Crippen molar-refractivity contribution in [2.24, 2.45) is 11.1 Å². The van der Waals surface area contributed by atoms with Crippen LogP contribution in [0.5, 0.6) is 0 Å². The highest BCUT2D eigenvalue weighted by Crippen LogP contribution is 2.42. The zero-order valence-electron chi connectivity index (χ0n) is 10.7. The molecule has 1 aromatic carbocycles. The maximum atomic E-state index is 11.6. The molecule has 0 bridgehead atoms. The molecule has 2 N–H and O–H groups in total. The van der Waals surface area contributed by atoms with Crippen LogP contribution in [0.3, 0.4) is 0 Å². The number of nitrogens with two attached hydrogens (primary N) is 1. The summed E-state index contributed by atoms with van der Waals surface area (Å²) in [6.07, 6.45) is 0.727. The van der Waals surface area contributed by atoms with Gasteiger partial charge in [-0.05, 0) is 31.9 Å². The summed E-state index contributed by atoms with van der Waals surface area (Å²) in [6.45, 7) is 4.36. The van der Waals surface area contributed by atoms with Crippen molar-refractivity contribution in [1.29, 1.82) is 0 Å². The molecule has 96 valence electrons. The van der Waals surface area contributed by atoms with E-state index >= 15 is 0 Å². The van der Waals surface area contributed by atoms with Crippen molar-refractivity contribution in [2.75, 3.05) is 11.5 Å². The first-order valence-corrected chi connectivity index (χ1v) is 6.29. The molecule has 2 aliphatic rings. The molecule has 1 aromatic rings. The van der Waals surface area contributed by atoms with Gasteiger partial charge in [-0.1, -0.05) is 18.2 Å². The zero-order chi connectivity index (χ0) is 12.9. The molecule has 4 heteroatoms. The Labute approximate surface area is 107 Å². The Bertz CT molecular complexity index is 498. The highest BCUT2D eigenvalue weighted by molar-refractivity contribution is 5.81. The molecule has 2 atom stereocenters. The zero-order valence-corrected chi connectivity index (χ0v) is 10.7. The van der Waals surface area contributed by atoms with Gasteiger partial charge >= 0.3 is 0 Å². The average Bonchev–Trinajstić information content (AvgIpc) is 2.86. The lowest BCUT2D eigenvalue weighted by atomic mass is 9.89. The van der Waals surface area contributed by atoms with Crippen LogP contribution >= 0.6 is 0 Å². The second-order valence-electron chi connectivity index (χ2n) is 5.67. The van der Waals surface area contributed by atoms with E-state index in [0.717, 1.165) is 6.42 Å². The molecule has 0 aliphatic carbocycles. The number of ether oxygens (including phenoxy) is 1. The number of amides is 1. The van der Waals surface area contributed by atoms with Gasteiger partial charge in [-0.15, -0.1) is 0 Å². The molecule has 2 unspecified atom stereocenters. The second kappa shape index (κ2) is 3.72. The highest BCUT2D eigenvalue weighted by atomic mass is 16.5. The van der Waals surface area contributed by atoms with Crippen molar-refractivity contribution >= 4 is 11.6 Å². The molecule has 1 amide bonds. The molecule has 2 heterocycles. The number of anilines is 1. The van der Waals surface area contributed by atoms with E-state index in [1.165, 1.54) is 11.3 Å². The Morgan fingerprint density at radius 2 is 2.17 bits per heavy atom. The summed E-state index contributed by atoms with van der Waals surface area (Å²) in [7, 11) is 0. The van der Waals surface area contributed by atoms with Gasteiger partial charge in [0.25, 0.3) is 0 Å². The van der Waals surface area contributed by atoms with Gasteiger partial charge in [0.2, 0.25) is 5.91 Å². The van der Waals surface area contributed by atoms with Crippen LogP contribution < -0.4 is 10.6 Å². The summed E-state index contributed by atoms with van der Waals surface area (Å²) in [5, 5.41) is 0. The summed E-state index contributed by atoms with van der Waals surface area (Å²) in [4.78, 5) is 13.8. The van der Waals surface area contributed by atoms with Gasteiger partial charge in [-0.2, -0.15) is 0 Å². The lowest BCUT2D eigenvalue weighted by Crippen LogP contribution is -2.50. The van der Waals surface area contributed by atoms with E-state index < -0.39 is 5.41 Å². The topological polar surface area (TPSA) is 55.6 Å². The maximum absolute atomic E-state index is 11.6. The first kappa shape index (κ1) is 11.5. The number of primary amides is 1. The molecule has 1 saturated heterocycles. The van der Waals surface area contributed by atoms with E-state index in [2.05, 4.69) is 23.1 Å². The molecular weight excluding hydrogens is 228 g/mol. The Kier molecular flexibility index (Phi) is 2.38. The lowest BCUT2D eigenvalue weighted by molar-refractivity contribution is -0.132. The van der Waals surface area contributed by atoms with Gasteiger partial charge < -0.3 is 15.4 Å². The first-order valence-electron chi connectivity index (χ1n) is 6.29. The summed E-state index contributed by atoms with van der Waals surface area (Å²) in [5.41, 5.74) is 7.33. The number of benzene rings is 1. The fraction of sp³-hybridized carbons (Fsp3) is 0.500. The van der Waals surface area contributed by atoms with Crippen molar-refractivity contribution in [1.82, 2.24) is 0 Å². The van der Waals surface area contributed by atoms with Crippen molar-refractivity contribution < 1.29 is 9.53 Å². The SMILES string of the molecule is CC(C)(C(N)=O)C1OCC2Cc3ccccc3N21. The second-order valence-corrected chi connectivity index (χ2v) is 5.67. The first-order chi connectivity index (χ1) is 8.51. The predicted molar refractivity (Wildman–Crippen MR) is 69.1 cm³/mol. The molecule has 0 aromatic heterocycles. The van der Waals surface area contributed by atoms with Crippen LogP contribution in [0.15, 0.2) is 24.3 Å². The Hall–Kier alpha value is -1.55. The lowest BCUT2D eigenvalue weighted by Gasteiger charge is -2.35. The van der Waals surface area contributed by atoms with Gasteiger partial charge in [0, 0.05) is 5.69 Å². The van der Waals surface area contributed by atoms with Gasteiger partial charge in [-0.25, -0.2) is 0 Å². The Morgan fingerprint density at radius 3 is 2.89 bits per heavy atom. The summed E-state index contributed by atoms with van der Waals surface area (Å²) < 4.78 is 5.83. The number of hydrogen-bond acceptors (Lipinski definition) is 3. The Balaban J connectivity index is 2.00. The minimum Gasteiger partial charge on any atom is -0.369 e. The molecule has 3 rings (SSSR count). The van der Waals surface area contributed by atoms with Crippen LogP contribution in [0, 0.1) is 5.41 Å². The standard InChI is InChI=1S/C14H18N2O2/c1-14(2,12(15)17)13-16-10(8-18-13)7-9-5-3-4-6-11(9)16/h3-6,10,13H,7-8H2,1-2H3,(H2,15,17). The smallest absolute Gasteiger partial charge is 0.227 e. The normalized spacial score (nSPS) is 26.0. The molecule has 0 radical (unpaired) electrons. The van der Waals surface area contributed by atoms with E-state index in [-0.39, 0.29) is 12.1 Å². The van der Waals surface area contributed by atoms with Crippen LogP contribution in [0.1, 0.15) is 19.4 Å². The van der Waals surface area contributed by atoms with Crippen molar-refractivity contribution in [2.45, 2.75) is 32.5 Å². The number of carbonyl (C=O) groups excluding carboxylic acids is 1. The van der Waals surface area contributed by atoms with E-state index in [1.807, 2.05) is 19.9 Å². The fourth-order valence-corrected chi connectivity index (χ4v) is 2.90. The molecule has 0 spiro atoms. The van der Waals surface area contributed by atoms with Gasteiger partial charge in [0.1, 0.15) is 6.23 Å². The van der Waals surface area contributed by atoms with E-state index in [1.54, 1.807) is 0 Å². The summed E-state index contributed by atoms with van der Waals surface area (Å²) in [6, 6.07) is 8.64. The number of fused-ring (bicyclic) bond motifs is 3. The number of hydrogen-bond donors (Lipinski definition) is 1. The number of rotatable bonds is 2. The Morgan fingerprint density at radius 1 is 1.44 bits per heavy atom. The molecule has 0 saturated carbocycles. The van der Waals surface area contributed by atoms with E-state index in [0.29, 0.717) is 12.6 Å². The number of para-hydroxylation sites is 1. The maximum Gasteiger partial charge on any atom is 0.227 e. The molecule has 1 fully saturated rings. The molecule has 4 nitrogen and oxygen atoms in total. The van der Waals surface area contributed by atoms with E-state index in [9.17, 15) is 4.79 Å². The number of nitrogens with zero attached hydrogens (tertiary/aromatic N) is 1. The van der Waals surface area contributed by atoms with Crippen LogP contribution in [-0.2, 0) is 16.0 Å². The molecule has 2 aliphatic heterocycles. The van der Waals surface area contributed by atoms with Crippen molar-refractivity contribution in [3.63, 3.8) is 0 Å². The molecular formula is C14H18N2O2. The fourth-order valence-electron chi connectivity index (χ4n) is 2.90. The average molecular weight is 246 g/mol. The van der Waals surface area contributed by atoms with Crippen molar-refractivity contribution in [3.05, 3.63) is 29.8 Å². The van der Waals surface area contributed by atoms with Crippen LogP contribution in [-0.4, -0.2) is 24.8 Å². The minimum absolute atomic E-state index is 0.261. The van der Waals surface area contributed by atoms with Crippen LogP contribution in [0.4, 0.5) is 5.69 Å². The summed E-state index contributed by atoms with van der Waals surface area (Å²) >= 11 is 0. The summed E-state index contributed by atoms with van der Waals surface area (Å²) in [5.74, 6) is -0.322. The third-order valence-electron chi connectivity index (χ3n) is 4.07. The third kappa shape index (κ3) is 1.45. The van der Waals surface area contributed by atoms with Gasteiger partial charge in [0.15, 0.2) is 0 Å². The third-order valence-corrected chi connectivity index (χ3v) is 4.07.